The van der Waals surface area contributed by atoms with E-state index in [1.165, 1.54) is 0 Å². The van der Waals surface area contributed by atoms with Crippen molar-refractivity contribution in [2.45, 2.75) is 25.8 Å². The molecule has 1 aliphatic rings. The zero-order chi connectivity index (χ0) is 12.8. The monoisotopic (exact) mass is 244 g/mol. The van der Waals surface area contributed by atoms with Gasteiger partial charge < -0.3 is 14.7 Å². The molecule has 1 aliphatic carbocycles. The van der Waals surface area contributed by atoms with Gasteiger partial charge in [0.15, 0.2) is 0 Å². The first-order valence-corrected chi connectivity index (χ1v) is 5.44. The van der Waals surface area contributed by atoms with Gasteiger partial charge in [0.25, 0.3) is 5.91 Å². The number of nitrogens with one attached hydrogen (secondary N) is 1. The van der Waals surface area contributed by atoms with E-state index in [0.717, 1.165) is 12.8 Å². The van der Waals surface area contributed by atoms with Crippen molar-refractivity contribution < 1.29 is 24.2 Å². The van der Waals surface area contributed by atoms with Gasteiger partial charge in [0.1, 0.15) is 13.2 Å². The normalized spacial score (nSPS) is 14.2. The maximum atomic E-state index is 11.6. The van der Waals surface area contributed by atoms with Gasteiger partial charge in [0, 0.05) is 12.6 Å². The molecular weight excluding hydrogens is 228 g/mol. The highest BCUT2D eigenvalue weighted by molar-refractivity contribution is 5.95. The standard InChI is InChI=1S/C10H16N2O5/c1-2-12(7-3-4-7)10(16)11-8(13)5-17-6-9(14)15/h7H,2-6H2,1H3,(H,14,15)(H,11,13,16). The molecule has 2 N–H and O–H groups in total. The molecule has 0 saturated heterocycles. The molecule has 17 heavy (non-hydrogen) atoms. The Labute approximate surface area is 98.7 Å². The first-order valence-electron chi connectivity index (χ1n) is 5.44. The van der Waals surface area contributed by atoms with Gasteiger partial charge in [-0.2, -0.15) is 0 Å². The molecule has 0 radical (unpaired) electrons. The molecule has 0 unspecified atom stereocenters. The van der Waals surface area contributed by atoms with E-state index in [4.69, 9.17) is 5.11 Å². The molecule has 1 fully saturated rings. The highest BCUT2D eigenvalue weighted by atomic mass is 16.5. The Bertz CT molecular complexity index is 314. The molecule has 0 aliphatic heterocycles. The lowest BCUT2D eigenvalue weighted by atomic mass is 10.5. The highest BCUT2D eigenvalue weighted by Gasteiger charge is 2.31. The summed E-state index contributed by atoms with van der Waals surface area (Å²) in [5, 5.41) is 10.4. The molecule has 1 rings (SSSR count). The molecule has 0 aromatic carbocycles. The van der Waals surface area contributed by atoms with E-state index < -0.39 is 31.1 Å². The van der Waals surface area contributed by atoms with Gasteiger partial charge >= 0.3 is 12.0 Å². The summed E-state index contributed by atoms with van der Waals surface area (Å²) in [5.41, 5.74) is 0. The number of rotatable bonds is 6. The number of aliphatic carboxylic acids is 1. The Morgan fingerprint density at radius 2 is 2.00 bits per heavy atom. The van der Waals surface area contributed by atoms with Crippen LogP contribution in [-0.2, 0) is 14.3 Å². The third-order valence-electron chi connectivity index (χ3n) is 2.29. The Hall–Kier alpha value is -1.63. The molecule has 7 nitrogen and oxygen atoms in total. The summed E-state index contributed by atoms with van der Waals surface area (Å²) in [6, 6.07) is -0.216. The molecule has 96 valence electrons. The lowest BCUT2D eigenvalue weighted by molar-refractivity contribution is -0.143. The molecule has 0 aromatic heterocycles. The first kappa shape index (κ1) is 13.4. The van der Waals surface area contributed by atoms with Crippen LogP contribution in [0, 0.1) is 0 Å². The van der Waals surface area contributed by atoms with E-state index in [9.17, 15) is 14.4 Å². The summed E-state index contributed by atoms with van der Waals surface area (Å²) >= 11 is 0. The lowest BCUT2D eigenvalue weighted by Crippen LogP contribution is -2.45. The molecule has 7 heteroatoms. The lowest BCUT2D eigenvalue weighted by Gasteiger charge is -2.20. The Kier molecular flexibility index (Phi) is 4.89. The van der Waals surface area contributed by atoms with E-state index >= 15 is 0 Å². The number of carboxylic acid groups (broad SMARTS) is 1. The fraction of sp³-hybridized carbons (Fsp3) is 0.700. The number of urea groups is 1. The Balaban J connectivity index is 2.24. The van der Waals surface area contributed by atoms with Crippen molar-refractivity contribution in [2.24, 2.45) is 0 Å². The van der Waals surface area contributed by atoms with Crippen molar-refractivity contribution in [3.8, 4) is 0 Å². The van der Waals surface area contributed by atoms with Crippen molar-refractivity contribution in [1.29, 1.82) is 0 Å². The van der Waals surface area contributed by atoms with Crippen LogP contribution in [0.25, 0.3) is 0 Å². The molecule has 3 amide bonds. The number of hydrogen-bond donors (Lipinski definition) is 2. The number of amides is 3. The van der Waals surface area contributed by atoms with Crippen LogP contribution in [0.15, 0.2) is 0 Å². The van der Waals surface area contributed by atoms with E-state index in [1.807, 2.05) is 6.92 Å². The van der Waals surface area contributed by atoms with Crippen LogP contribution in [0.3, 0.4) is 0 Å². The number of carboxylic acids is 1. The summed E-state index contributed by atoms with van der Waals surface area (Å²) in [6.45, 7) is 1.39. The van der Waals surface area contributed by atoms with Crippen LogP contribution < -0.4 is 5.32 Å². The molecule has 0 spiro atoms. The van der Waals surface area contributed by atoms with Gasteiger partial charge in [-0.15, -0.1) is 0 Å². The van der Waals surface area contributed by atoms with Gasteiger partial charge in [-0.05, 0) is 19.8 Å². The van der Waals surface area contributed by atoms with E-state index in [0.29, 0.717) is 6.54 Å². The molecule has 0 atom stereocenters. The SMILES string of the molecule is CCN(C(=O)NC(=O)COCC(=O)O)C1CC1. The summed E-state index contributed by atoms with van der Waals surface area (Å²) in [5.74, 6) is -1.78. The predicted molar refractivity (Wildman–Crippen MR) is 57.4 cm³/mol. The highest BCUT2D eigenvalue weighted by Crippen LogP contribution is 2.26. The number of carbonyl (C=O) groups is 3. The van der Waals surface area contributed by atoms with E-state index in [-0.39, 0.29) is 6.04 Å². The average Bonchev–Trinajstić information content (AvgIpc) is 3.02. The molecule has 0 bridgehead atoms. The van der Waals surface area contributed by atoms with Gasteiger partial charge in [-0.3, -0.25) is 10.1 Å². The van der Waals surface area contributed by atoms with Crippen molar-refractivity contribution in [1.82, 2.24) is 10.2 Å². The molecule has 1 saturated carbocycles. The topological polar surface area (TPSA) is 95.9 Å². The predicted octanol–water partition coefficient (Wildman–Crippen LogP) is -0.192. The van der Waals surface area contributed by atoms with Crippen LogP contribution in [0.5, 0.6) is 0 Å². The second kappa shape index (κ2) is 6.19. The minimum Gasteiger partial charge on any atom is -0.480 e. The summed E-state index contributed by atoms with van der Waals surface area (Å²) in [7, 11) is 0. The summed E-state index contributed by atoms with van der Waals surface area (Å²) in [6.07, 6.45) is 1.93. The molecular formula is C10H16N2O5. The molecule has 0 aromatic rings. The van der Waals surface area contributed by atoms with Gasteiger partial charge in [0.2, 0.25) is 0 Å². The summed E-state index contributed by atoms with van der Waals surface area (Å²) < 4.78 is 4.56. The smallest absolute Gasteiger partial charge is 0.329 e. The van der Waals surface area contributed by atoms with Gasteiger partial charge in [-0.1, -0.05) is 0 Å². The second-order valence-corrected chi connectivity index (χ2v) is 3.76. The van der Waals surface area contributed by atoms with Crippen molar-refractivity contribution in [3.05, 3.63) is 0 Å². The number of hydrogen-bond acceptors (Lipinski definition) is 4. The quantitative estimate of drug-likeness (QED) is 0.675. The van der Waals surface area contributed by atoms with E-state index in [1.54, 1.807) is 4.90 Å². The number of ether oxygens (including phenoxy) is 1. The first-order chi connectivity index (χ1) is 8.04. The molecule has 0 heterocycles. The zero-order valence-corrected chi connectivity index (χ0v) is 9.64. The summed E-state index contributed by atoms with van der Waals surface area (Å²) in [4.78, 5) is 34.5. The van der Waals surface area contributed by atoms with Crippen LogP contribution >= 0.6 is 0 Å². The maximum absolute atomic E-state index is 11.6. The minimum absolute atomic E-state index is 0.229. The Morgan fingerprint density at radius 1 is 1.35 bits per heavy atom. The third-order valence-corrected chi connectivity index (χ3v) is 2.29. The fourth-order valence-corrected chi connectivity index (χ4v) is 1.41. The van der Waals surface area contributed by atoms with Crippen molar-refractivity contribution >= 4 is 17.9 Å². The fourth-order valence-electron chi connectivity index (χ4n) is 1.41. The number of nitrogens with zero attached hydrogens (tertiary/aromatic N) is 1. The van der Waals surface area contributed by atoms with Crippen LogP contribution in [-0.4, -0.2) is 53.7 Å². The third kappa shape index (κ3) is 4.81. The van der Waals surface area contributed by atoms with Crippen LogP contribution in [0.2, 0.25) is 0 Å². The van der Waals surface area contributed by atoms with Crippen LogP contribution in [0.4, 0.5) is 4.79 Å². The van der Waals surface area contributed by atoms with Gasteiger partial charge in [0.05, 0.1) is 0 Å². The zero-order valence-electron chi connectivity index (χ0n) is 9.64. The van der Waals surface area contributed by atoms with Crippen molar-refractivity contribution in [3.63, 3.8) is 0 Å². The Morgan fingerprint density at radius 3 is 2.47 bits per heavy atom. The minimum atomic E-state index is -1.16. The van der Waals surface area contributed by atoms with Gasteiger partial charge in [-0.25, -0.2) is 9.59 Å². The maximum Gasteiger partial charge on any atom is 0.329 e. The number of carbonyl (C=O) groups excluding carboxylic acids is 2. The second-order valence-electron chi connectivity index (χ2n) is 3.76. The van der Waals surface area contributed by atoms with E-state index in [2.05, 4.69) is 10.1 Å². The average molecular weight is 244 g/mol. The van der Waals surface area contributed by atoms with Crippen molar-refractivity contribution in [2.75, 3.05) is 19.8 Å². The number of imide groups is 1. The van der Waals surface area contributed by atoms with Crippen LogP contribution in [0.1, 0.15) is 19.8 Å². The largest absolute Gasteiger partial charge is 0.480 e.